The van der Waals surface area contributed by atoms with Crippen LogP contribution in [0.15, 0.2) is 87.9 Å². The van der Waals surface area contributed by atoms with E-state index in [1.54, 1.807) is 41.8 Å². The summed E-state index contributed by atoms with van der Waals surface area (Å²) >= 11 is 1.27. The third-order valence-corrected chi connectivity index (χ3v) is 6.54. The fourth-order valence-corrected chi connectivity index (χ4v) is 4.91. The number of furan rings is 1. The molecule has 0 radical (unpaired) electrons. The van der Waals surface area contributed by atoms with Crippen molar-refractivity contribution in [2.45, 2.75) is 18.8 Å². The summed E-state index contributed by atoms with van der Waals surface area (Å²) in [5.41, 5.74) is -0.322. The van der Waals surface area contributed by atoms with Gasteiger partial charge in [0.05, 0.1) is 11.1 Å². The second-order valence-electron chi connectivity index (χ2n) is 7.79. The Bertz CT molecular complexity index is 1400. The van der Waals surface area contributed by atoms with Gasteiger partial charge in [0.15, 0.2) is 11.5 Å². The van der Waals surface area contributed by atoms with Crippen molar-refractivity contribution in [1.82, 2.24) is 4.90 Å². The maximum absolute atomic E-state index is 13.4. The van der Waals surface area contributed by atoms with Crippen LogP contribution in [0.4, 0.5) is 13.2 Å². The van der Waals surface area contributed by atoms with Gasteiger partial charge in [-0.25, -0.2) is 0 Å². The van der Waals surface area contributed by atoms with Crippen molar-refractivity contribution < 1.29 is 32.3 Å². The number of fused-ring (bicyclic) bond motifs is 1. The summed E-state index contributed by atoms with van der Waals surface area (Å²) in [5.74, 6) is -2.28. The van der Waals surface area contributed by atoms with E-state index in [1.165, 1.54) is 34.4 Å². The highest BCUT2D eigenvalue weighted by molar-refractivity contribution is 7.10. The van der Waals surface area contributed by atoms with Gasteiger partial charge in [0.25, 0.3) is 5.91 Å². The number of Topliss-reactive ketones (excluding diaryl/α,β-unsaturated/α-hetero) is 1. The number of aliphatic hydroxyl groups is 1. The van der Waals surface area contributed by atoms with Gasteiger partial charge in [-0.3, -0.25) is 9.59 Å². The van der Waals surface area contributed by atoms with Gasteiger partial charge in [0, 0.05) is 16.8 Å². The summed E-state index contributed by atoms with van der Waals surface area (Å²) < 4.78 is 45.2. The summed E-state index contributed by atoms with van der Waals surface area (Å²) in [6, 6.07) is 15.6. The van der Waals surface area contributed by atoms with Crippen LogP contribution in [0.25, 0.3) is 11.0 Å². The summed E-state index contributed by atoms with van der Waals surface area (Å²) in [7, 11) is 0. The summed E-state index contributed by atoms with van der Waals surface area (Å²) in [4.78, 5) is 28.2. The Labute approximate surface area is 195 Å². The molecule has 0 aliphatic carbocycles. The van der Waals surface area contributed by atoms with E-state index in [9.17, 15) is 27.9 Å². The number of aliphatic hydroxyl groups excluding tert-OH is 1. The van der Waals surface area contributed by atoms with Gasteiger partial charge in [-0.1, -0.05) is 36.4 Å². The minimum atomic E-state index is -4.54. The van der Waals surface area contributed by atoms with Crippen LogP contribution < -0.4 is 0 Å². The SMILES string of the molecule is O=C(C1=C(O)C(=O)N(Cc2cccc(C(F)(F)F)c2)C1c1cccs1)c1cc2ccccc2o1. The number of hydrogen-bond donors (Lipinski definition) is 1. The van der Waals surface area contributed by atoms with Gasteiger partial charge in [0.1, 0.15) is 11.6 Å². The number of benzene rings is 2. The van der Waals surface area contributed by atoms with E-state index in [0.717, 1.165) is 12.1 Å². The molecule has 0 saturated heterocycles. The van der Waals surface area contributed by atoms with Crippen molar-refractivity contribution in [3.8, 4) is 0 Å². The first kappa shape index (κ1) is 22.0. The van der Waals surface area contributed by atoms with Crippen LogP contribution >= 0.6 is 11.3 Å². The number of ketones is 1. The highest BCUT2D eigenvalue weighted by atomic mass is 32.1. The third-order valence-electron chi connectivity index (χ3n) is 5.62. The Hall–Kier alpha value is -3.85. The molecule has 1 amide bonds. The molecule has 0 spiro atoms. The van der Waals surface area contributed by atoms with Crippen LogP contribution in [-0.4, -0.2) is 21.7 Å². The molecular formula is C25H16F3NO4S. The average molecular weight is 483 g/mol. The predicted octanol–water partition coefficient (Wildman–Crippen LogP) is 6.29. The van der Waals surface area contributed by atoms with Gasteiger partial charge in [-0.15, -0.1) is 11.3 Å². The molecule has 5 nitrogen and oxygen atoms in total. The van der Waals surface area contributed by atoms with E-state index in [4.69, 9.17) is 4.42 Å². The van der Waals surface area contributed by atoms with Crippen LogP contribution in [0.3, 0.4) is 0 Å². The lowest BCUT2D eigenvalue weighted by molar-refractivity contribution is -0.137. The van der Waals surface area contributed by atoms with Crippen LogP contribution in [0.2, 0.25) is 0 Å². The van der Waals surface area contributed by atoms with Gasteiger partial charge in [-0.05, 0) is 41.3 Å². The molecular weight excluding hydrogens is 467 g/mol. The molecule has 34 heavy (non-hydrogen) atoms. The zero-order valence-electron chi connectivity index (χ0n) is 17.4. The molecule has 1 atom stereocenters. The molecule has 9 heteroatoms. The molecule has 1 unspecified atom stereocenters. The standard InChI is InChI=1S/C25H16F3NO4S/c26-25(27,28)16-7-3-5-14(11-16)13-29-21(19-9-4-10-34-19)20(23(31)24(29)32)22(30)18-12-15-6-1-2-8-17(15)33-18/h1-12,21,31H,13H2. The van der Waals surface area contributed by atoms with Crippen molar-refractivity contribution in [3.05, 3.63) is 105 Å². The second kappa shape index (κ2) is 8.18. The van der Waals surface area contributed by atoms with Crippen LogP contribution in [-0.2, 0) is 17.5 Å². The zero-order chi connectivity index (χ0) is 24.0. The second-order valence-corrected chi connectivity index (χ2v) is 8.77. The number of thiophene rings is 1. The summed E-state index contributed by atoms with van der Waals surface area (Å²) in [6.07, 6.45) is -4.54. The van der Waals surface area contributed by atoms with Crippen molar-refractivity contribution in [2.75, 3.05) is 0 Å². The molecule has 172 valence electrons. The number of carbonyl (C=O) groups is 2. The van der Waals surface area contributed by atoms with E-state index in [-0.39, 0.29) is 23.4 Å². The Morgan fingerprint density at radius 3 is 2.56 bits per heavy atom. The number of halogens is 3. The van der Waals surface area contributed by atoms with Gasteiger partial charge in [0.2, 0.25) is 5.78 Å². The Morgan fingerprint density at radius 2 is 1.85 bits per heavy atom. The first-order chi connectivity index (χ1) is 16.2. The molecule has 0 saturated carbocycles. The molecule has 2 aromatic heterocycles. The molecule has 0 bridgehead atoms. The normalized spacial score (nSPS) is 16.6. The average Bonchev–Trinajstić information content (AvgIpc) is 3.53. The Balaban J connectivity index is 1.55. The molecule has 2 aromatic carbocycles. The molecule has 1 N–H and O–H groups in total. The Morgan fingerprint density at radius 1 is 1.06 bits per heavy atom. The summed E-state index contributed by atoms with van der Waals surface area (Å²) in [5, 5.41) is 13.2. The third kappa shape index (κ3) is 3.77. The lowest BCUT2D eigenvalue weighted by atomic mass is 10.00. The lowest BCUT2D eigenvalue weighted by Gasteiger charge is -2.26. The zero-order valence-corrected chi connectivity index (χ0v) is 18.2. The number of amides is 1. The maximum Gasteiger partial charge on any atom is 0.416 e. The molecule has 4 aromatic rings. The van der Waals surface area contributed by atoms with Crippen molar-refractivity contribution in [1.29, 1.82) is 0 Å². The fraction of sp³-hybridized carbons (Fsp3) is 0.120. The van der Waals surface area contributed by atoms with Gasteiger partial charge in [-0.2, -0.15) is 13.2 Å². The van der Waals surface area contributed by atoms with E-state index < -0.39 is 35.2 Å². The van der Waals surface area contributed by atoms with E-state index in [0.29, 0.717) is 15.8 Å². The first-order valence-corrected chi connectivity index (χ1v) is 11.1. The van der Waals surface area contributed by atoms with Gasteiger partial charge >= 0.3 is 6.18 Å². The molecule has 1 aliphatic rings. The molecule has 3 heterocycles. The quantitative estimate of drug-likeness (QED) is 0.339. The van der Waals surface area contributed by atoms with Crippen LogP contribution in [0.5, 0.6) is 0 Å². The van der Waals surface area contributed by atoms with Crippen LogP contribution in [0.1, 0.15) is 32.6 Å². The number of nitrogens with zero attached hydrogens (tertiary/aromatic N) is 1. The number of rotatable bonds is 5. The van der Waals surface area contributed by atoms with E-state index >= 15 is 0 Å². The summed E-state index contributed by atoms with van der Waals surface area (Å²) in [6.45, 7) is -0.230. The number of alkyl halides is 3. The molecule has 5 rings (SSSR count). The molecule has 1 aliphatic heterocycles. The fourth-order valence-electron chi connectivity index (χ4n) is 4.06. The highest BCUT2D eigenvalue weighted by Crippen LogP contribution is 2.42. The maximum atomic E-state index is 13.4. The first-order valence-electron chi connectivity index (χ1n) is 10.2. The smallest absolute Gasteiger partial charge is 0.416 e. The van der Waals surface area contributed by atoms with Gasteiger partial charge < -0.3 is 14.4 Å². The predicted molar refractivity (Wildman–Crippen MR) is 119 cm³/mol. The Kier molecular flexibility index (Phi) is 5.28. The largest absolute Gasteiger partial charge is 0.503 e. The van der Waals surface area contributed by atoms with Crippen molar-refractivity contribution >= 4 is 34.0 Å². The minimum Gasteiger partial charge on any atom is -0.503 e. The van der Waals surface area contributed by atoms with E-state index in [2.05, 4.69) is 0 Å². The van der Waals surface area contributed by atoms with Crippen molar-refractivity contribution in [2.24, 2.45) is 0 Å². The molecule has 0 fully saturated rings. The number of para-hydroxylation sites is 1. The minimum absolute atomic E-state index is 0.0435. The monoisotopic (exact) mass is 483 g/mol. The topological polar surface area (TPSA) is 70.8 Å². The van der Waals surface area contributed by atoms with Crippen LogP contribution in [0, 0.1) is 0 Å². The van der Waals surface area contributed by atoms with Crippen molar-refractivity contribution in [3.63, 3.8) is 0 Å². The highest BCUT2D eigenvalue weighted by Gasteiger charge is 2.45. The number of carbonyl (C=O) groups excluding carboxylic acids is 2. The lowest BCUT2D eigenvalue weighted by Crippen LogP contribution is -2.30. The van der Waals surface area contributed by atoms with E-state index in [1.807, 2.05) is 0 Å². The number of hydrogen-bond acceptors (Lipinski definition) is 5.